The van der Waals surface area contributed by atoms with Crippen LogP contribution in [0.2, 0.25) is 0 Å². The van der Waals surface area contributed by atoms with Crippen molar-refractivity contribution in [3.05, 3.63) is 0 Å². The second kappa shape index (κ2) is 7.10. The minimum atomic E-state index is 1.04. The van der Waals surface area contributed by atoms with Gasteiger partial charge in [0, 0.05) is 26.7 Å². The third-order valence-electron chi connectivity index (χ3n) is 1.99. The molecule has 72 valence electrons. The summed E-state index contributed by atoms with van der Waals surface area (Å²) in [7, 11) is 3.95. The van der Waals surface area contributed by atoms with Gasteiger partial charge in [-0.1, -0.05) is 6.92 Å². The van der Waals surface area contributed by atoms with Crippen LogP contribution in [0, 0.1) is 0 Å². The summed E-state index contributed by atoms with van der Waals surface area (Å²) < 4.78 is 0. The Morgan fingerprint density at radius 1 is 1.17 bits per heavy atom. The highest BCUT2D eigenvalue weighted by molar-refractivity contribution is 5.54. The third kappa shape index (κ3) is 5.13. The van der Waals surface area contributed by atoms with Gasteiger partial charge in [0.25, 0.3) is 0 Å². The molecule has 0 aliphatic carbocycles. The Bertz CT molecular complexity index is 123. The molecule has 3 heteroatoms. The summed E-state index contributed by atoms with van der Waals surface area (Å²) in [4.78, 5) is 8.51. The summed E-state index contributed by atoms with van der Waals surface area (Å²) in [6, 6.07) is 0. The van der Waals surface area contributed by atoms with Crippen molar-refractivity contribution in [1.29, 1.82) is 0 Å². The average Bonchev–Trinajstić information content (AvgIpc) is 2.11. The van der Waals surface area contributed by atoms with E-state index in [4.69, 9.17) is 0 Å². The normalized spacial score (nSPS) is 11.4. The highest BCUT2D eigenvalue weighted by Gasteiger charge is 1.98. The van der Waals surface area contributed by atoms with Crippen molar-refractivity contribution in [3.63, 3.8) is 0 Å². The van der Waals surface area contributed by atoms with Gasteiger partial charge in [-0.3, -0.25) is 4.99 Å². The van der Waals surface area contributed by atoms with Crippen molar-refractivity contribution in [1.82, 2.24) is 9.80 Å². The first-order valence-electron chi connectivity index (χ1n) is 4.59. The number of rotatable bonds is 6. The molecule has 0 aromatic rings. The largest absolute Gasteiger partial charge is 0.362 e. The molecule has 0 heterocycles. The molecule has 0 saturated carbocycles. The molecule has 12 heavy (non-hydrogen) atoms. The lowest BCUT2D eigenvalue weighted by molar-refractivity contribution is 0.308. The maximum Gasteiger partial charge on any atom is 0.0846 e. The minimum Gasteiger partial charge on any atom is -0.362 e. The SMILES string of the molecule is CCN(C)CCN(C=NC)CC. The van der Waals surface area contributed by atoms with Crippen LogP contribution in [0.5, 0.6) is 0 Å². The van der Waals surface area contributed by atoms with Gasteiger partial charge in [-0.05, 0) is 20.5 Å². The van der Waals surface area contributed by atoms with Crippen LogP contribution in [0.3, 0.4) is 0 Å². The van der Waals surface area contributed by atoms with Gasteiger partial charge < -0.3 is 9.80 Å². The van der Waals surface area contributed by atoms with Crippen molar-refractivity contribution in [2.45, 2.75) is 13.8 Å². The lowest BCUT2D eigenvalue weighted by Gasteiger charge is -2.21. The molecule has 0 aromatic heterocycles. The van der Waals surface area contributed by atoms with E-state index in [0.29, 0.717) is 0 Å². The van der Waals surface area contributed by atoms with Crippen LogP contribution in [0.4, 0.5) is 0 Å². The van der Waals surface area contributed by atoms with Gasteiger partial charge in [0.2, 0.25) is 0 Å². The van der Waals surface area contributed by atoms with Gasteiger partial charge in [0.1, 0.15) is 0 Å². The Kier molecular flexibility index (Phi) is 6.76. The predicted octanol–water partition coefficient (Wildman–Crippen LogP) is 0.918. The lowest BCUT2D eigenvalue weighted by Crippen LogP contribution is -2.32. The van der Waals surface area contributed by atoms with Crippen molar-refractivity contribution in [2.24, 2.45) is 4.99 Å². The Morgan fingerprint density at radius 3 is 2.25 bits per heavy atom. The Morgan fingerprint density at radius 2 is 1.83 bits per heavy atom. The van der Waals surface area contributed by atoms with Crippen LogP contribution in [0.1, 0.15) is 13.8 Å². The van der Waals surface area contributed by atoms with Crippen LogP contribution in [0.15, 0.2) is 4.99 Å². The van der Waals surface area contributed by atoms with E-state index in [9.17, 15) is 0 Å². The van der Waals surface area contributed by atoms with Crippen LogP contribution in [-0.2, 0) is 0 Å². The van der Waals surface area contributed by atoms with Crippen molar-refractivity contribution in [2.75, 3.05) is 40.3 Å². The molecule has 3 nitrogen and oxygen atoms in total. The summed E-state index contributed by atoms with van der Waals surface area (Å²) in [6.45, 7) is 8.64. The number of likely N-dealkylation sites (N-methyl/N-ethyl adjacent to an activating group) is 2. The van der Waals surface area contributed by atoms with E-state index < -0.39 is 0 Å². The maximum atomic E-state index is 3.99. The Balaban J connectivity index is 3.57. The van der Waals surface area contributed by atoms with Crippen molar-refractivity contribution in [3.8, 4) is 0 Å². The van der Waals surface area contributed by atoms with Gasteiger partial charge in [0.15, 0.2) is 0 Å². The second-order valence-corrected chi connectivity index (χ2v) is 2.90. The van der Waals surface area contributed by atoms with Crippen LogP contribution in [0.25, 0.3) is 0 Å². The molecule has 0 bridgehead atoms. The summed E-state index contributed by atoms with van der Waals surface area (Å²) in [5.41, 5.74) is 0. The molecular formula is C9H21N3. The smallest absolute Gasteiger partial charge is 0.0846 e. The number of aliphatic imine (C=N–C) groups is 1. The van der Waals surface area contributed by atoms with Gasteiger partial charge in [-0.25, -0.2) is 0 Å². The summed E-state index contributed by atoms with van der Waals surface area (Å²) in [5.74, 6) is 0. The Labute approximate surface area is 76.1 Å². The molecular weight excluding hydrogens is 150 g/mol. The zero-order valence-electron chi connectivity index (χ0n) is 8.75. The molecule has 0 aliphatic heterocycles. The Hall–Kier alpha value is -0.570. The van der Waals surface area contributed by atoms with Crippen molar-refractivity contribution < 1.29 is 0 Å². The van der Waals surface area contributed by atoms with E-state index in [1.54, 1.807) is 0 Å². The van der Waals surface area contributed by atoms with Gasteiger partial charge >= 0.3 is 0 Å². The topological polar surface area (TPSA) is 18.8 Å². The van der Waals surface area contributed by atoms with E-state index >= 15 is 0 Å². The molecule has 0 unspecified atom stereocenters. The lowest BCUT2D eigenvalue weighted by atomic mass is 10.5. The fourth-order valence-electron chi connectivity index (χ4n) is 0.918. The third-order valence-corrected chi connectivity index (χ3v) is 1.99. The highest BCUT2D eigenvalue weighted by atomic mass is 15.2. The monoisotopic (exact) mass is 171 g/mol. The molecule has 0 fully saturated rings. The van der Waals surface area contributed by atoms with E-state index in [0.717, 1.165) is 26.2 Å². The van der Waals surface area contributed by atoms with Gasteiger partial charge in [-0.2, -0.15) is 0 Å². The summed E-state index contributed by atoms with van der Waals surface area (Å²) >= 11 is 0. The average molecular weight is 171 g/mol. The molecule has 0 amide bonds. The highest BCUT2D eigenvalue weighted by Crippen LogP contribution is 1.86. The van der Waals surface area contributed by atoms with Crippen LogP contribution in [-0.4, -0.2) is 56.4 Å². The number of hydrogen-bond donors (Lipinski definition) is 0. The first-order valence-corrected chi connectivity index (χ1v) is 4.59. The minimum absolute atomic E-state index is 1.04. The standard InChI is InChI=1S/C9H21N3/c1-5-11(4)7-8-12(6-2)9-10-3/h9H,5-8H2,1-4H3. The van der Waals surface area contributed by atoms with E-state index in [-0.39, 0.29) is 0 Å². The van der Waals surface area contributed by atoms with Crippen LogP contribution < -0.4 is 0 Å². The van der Waals surface area contributed by atoms with E-state index in [1.165, 1.54) is 0 Å². The second-order valence-electron chi connectivity index (χ2n) is 2.90. The van der Waals surface area contributed by atoms with E-state index in [1.807, 2.05) is 13.4 Å². The van der Waals surface area contributed by atoms with Crippen LogP contribution >= 0.6 is 0 Å². The zero-order chi connectivity index (χ0) is 9.40. The van der Waals surface area contributed by atoms with Crippen molar-refractivity contribution >= 4 is 6.34 Å². The number of hydrogen-bond acceptors (Lipinski definition) is 2. The fourth-order valence-corrected chi connectivity index (χ4v) is 0.918. The zero-order valence-corrected chi connectivity index (χ0v) is 8.75. The number of nitrogens with zero attached hydrogens (tertiary/aromatic N) is 3. The fraction of sp³-hybridized carbons (Fsp3) is 0.889. The summed E-state index contributed by atoms with van der Waals surface area (Å²) in [6.07, 6.45) is 1.91. The molecule has 0 aliphatic rings. The molecule has 0 rings (SSSR count). The molecule has 0 spiro atoms. The molecule has 0 N–H and O–H groups in total. The molecule has 0 aromatic carbocycles. The first kappa shape index (κ1) is 11.4. The molecule has 0 atom stereocenters. The van der Waals surface area contributed by atoms with E-state index in [2.05, 4.69) is 35.7 Å². The van der Waals surface area contributed by atoms with Gasteiger partial charge in [0.05, 0.1) is 6.34 Å². The van der Waals surface area contributed by atoms with Gasteiger partial charge in [-0.15, -0.1) is 0 Å². The predicted molar refractivity (Wildman–Crippen MR) is 54.8 cm³/mol. The first-order chi connectivity index (χ1) is 5.74. The maximum absolute atomic E-state index is 3.99. The quantitative estimate of drug-likeness (QED) is 0.437. The molecule has 0 radical (unpaired) electrons. The molecule has 0 saturated heterocycles. The summed E-state index contributed by atoms with van der Waals surface area (Å²) in [5, 5.41) is 0.